The molecule has 0 radical (unpaired) electrons. The minimum atomic E-state index is -0.182. The van der Waals surface area contributed by atoms with E-state index >= 15 is 0 Å². The van der Waals surface area contributed by atoms with Gasteiger partial charge in [0.15, 0.2) is 0 Å². The van der Waals surface area contributed by atoms with E-state index in [1.165, 1.54) is 32.1 Å². The Labute approximate surface area is 85.6 Å². The standard InChI is InChI=1S/C12H20O2/c1-11-6-3-2-4-9(11)12(8-14-12)10(13)5-7-11/h9-10,13H,2-8H2,1H3/t9-,10-,11+,12-/m0/s1. The predicted molar refractivity (Wildman–Crippen MR) is 54.0 cm³/mol. The molecule has 3 aliphatic rings. The topological polar surface area (TPSA) is 32.8 Å². The van der Waals surface area contributed by atoms with Crippen molar-refractivity contribution >= 4 is 0 Å². The number of hydrogen-bond donors (Lipinski definition) is 1. The number of aliphatic hydroxyl groups excluding tert-OH is 1. The quantitative estimate of drug-likeness (QED) is 0.602. The van der Waals surface area contributed by atoms with Crippen molar-refractivity contribution in [2.45, 2.75) is 57.2 Å². The molecule has 1 aliphatic heterocycles. The van der Waals surface area contributed by atoms with Crippen LogP contribution >= 0.6 is 0 Å². The zero-order chi connectivity index (χ0) is 9.81. The molecule has 1 saturated heterocycles. The second-order valence-electron chi connectivity index (χ2n) is 5.75. The molecule has 80 valence electrons. The van der Waals surface area contributed by atoms with Gasteiger partial charge in [-0.1, -0.05) is 19.8 Å². The van der Waals surface area contributed by atoms with Crippen molar-refractivity contribution in [1.29, 1.82) is 0 Å². The highest BCUT2D eigenvalue weighted by molar-refractivity contribution is 5.12. The van der Waals surface area contributed by atoms with Gasteiger partial charge in [0.2, 0.25) is 0 Å². The maximum Gasteiger partial charge on any atom is 0.121 e. The average molecular weight is 196 g/mol. The lowest BCUT2D eigenvalue weighted by atomic mass is 9.56. The summed E-state index contributed by atoms with van der Waals surface area (Å²) in [5.74, 6) is 0.632. The molecule has 2 heteroatoms. The van der Waals surface area contributed by atoms with E-state index in [9.17, 15) is 5.11 Å². The Morgan fingerprint density at radius 2 is 2.00 bits per heavy atom. The highest BCUT2D eigenvalue weighted by atomic mass is 16.6. The first-order valence-electron chi connectivity index (χ1n) is 5.99. The van der Waals surface area contributed by atoms with Crippen LogP contribution in [0, 0.1) is 11.3 Å². The van der Waals surface area contributed by atoms with E-state index in [4.69, 9.17) is 4.74 Å². The van der Waals surface area contributed by atoms with Crippen molar-refractivity contribution in [3.8, 4) is 0 Å². The summed E-state index contributed by atoms with van der Waals surface area (Å²) in [5, 5.41) is 10.0. The fraction of sp³-hybridized carbons (Fsp3) is 1.00. The Morgan fingerprint density at radius 3 is 2.71 bits per heavy atom. The Morgan fingerprint density at radius 1 is 1.21 bits per heavy atom. The van der Waals surface area contributed by atoms with Crippen LogP contribution in [0.2, 0.25) is 0 Å². The van der Waals surface area contributed by atoms with Crippen LogP contribution in [0.1, 0.15) is 45.4 Å². The van der Waals surface area contributed by atoms with Gasteiger partial charge in [-0.25, -0.2) is 0 Å². The van der Waals surface area contributed by atoms with E-state index in [2.05, 4.69) is 6.92 Å². The van der Waals surface area contributed by atoms with E-state index in [1.54, 1.807) is 0 Å². The van der Waals surface area contributed by atoms with Crippen LogP contribution in [0.15, 0.2) is 0 Å². The number of ether oxygens (including phenoxy) is 1. The van der Waals surface area contributed by atoms with Crippen molar-refractivity contribution in [1.82, 2.24) is 0 Å². The second-order valence-corrected chi connectivity index (χ2v) is 5.75. The number of aliphatic hydroxyl groups is 1. The Bertz CT molecular complexity index is 245. The van der Waals surface area contributed by atoms with Gasteiger partial charge in [0.25, 0.3) is 0 Å². The van der Waals surface area contributed by atoms with Crippen molar-refractivity contribution in [3.63, 3.8) is 0 Å². The number of rotatable bonds is 0. The molecule has 2 nitrogen and oxygen atoms in total. The summed E-state index contributed by atoms with van der Waals surface area (Å²) in [6.45, 7) is 3.22. The second kappa shape index (κ2) is 2.73. The number of epoxide rings is 1. The first-order chi connectivity index (χ1) is 6.67. The normalized spacial score (nSPS) is 57.0. The molecule has 2 saturated carbocycles. The van der Waals surface area contributed by atoms with Crippen molar-refractivity contribution in [3.05, 3.63) is 0 Å². The van der Waals surface area contributed by atoms with Crippen LogP contribution < -0.4 is 0 Å². The van der Waals surface area contributed by atoms with Gasteiger partial charge < -0.3 is 9.84 Å². The molecular weight excluding hydrogens is 176 g/mol. The molecule has 14 heavy (non-hydrogen) atoms. The Hall–Kier alpha value is -0.0800. The molecule has 0 amide bonds. The number of fused-ring (bicyclic) bond motifs is 2. The summed E-state index contributed by atoms with van der Waals surface area (Å²) >= 11 is 0. The molecular formula is C12H20O2. The van der Waals surface area contributed by atoms with Crippen molar-refractivity contribution < 1.29 is 9.84 Å². The minimum Gasteiger partial charge on any atom is -0.390 e. The van der Waals surface area contributed by atoms with Crippen LogP contribution in [0.5, 0.6) is 0 Å². The summed E-state index contributed by atoms with van der Waals surface area (Å²) in [5.41, 5.74) is 0.363. The molecule has 1 spiro atoms. The molecule has 0 aromatic carbocycles. The summed E-state index contributed by atoms with van der Waals surface area (Å²) in [4.78, 5) is 0. The molecule has 2 aliphatic carbocycles. The first kappa shape index (κ1) is 9.17. The molecule has 0 aromatic rings. The largest absolute Gasteiger partial charge is 0.390 e. The van der Waals surface area contributed by atoms with Crippen molar-refractivity contribution in [2.24, 2.45) is 11.3 Å². The number of hydrogen-bond acceptors (Lipinski definition) is 2. The predicted octanol–water partition coefficient (Wildman–Crippen LogP) is 2.11. The molecule has 1 N–H and O–H groups in total. The van der Waals surface area contributed by atoms with Gasteiger partial charge in [-0.2, -0.15) is 0 Å². The third kappa shape index (κ3) is 1.04. The maximum atomic E-state index is 10.0. The van der Waals surface area contributed by atoms with E-state index in [0.29, 0.717) is 11.3 Å². The summed E-state index contributed by atoms with van der Waals surface area (Å²) in [6.07, 6.45) is 7.29. The monoisotopic (exact) mass is 196 g/mol. The molecule has 4 atom stereocenters. The third-order valence-corrected chi connectivity index (χ3v) is 4.95. The van der Waals surface area contributed by atoms with E-state index in [-0.39, 0.29) is 11.7 Å². The fourth-order valence-corrected chi connectivity index (χ4v) is 3.95. The van der Waals surface area contributed by atoms with Crippen LogP contribution in [-0.4, -0.2) is 23.4 Å². The Kier molecular flexibility index (Phi) is 1.79. The summed E-state index contributed by atoms with van der Waals surface area (Å²) in [7, 11) is 0. The SMILES string of the molecule is C[C@]12CCCC[C@@H]1[C@@]1(CO1)[C@@H](O)CC2. The lowest BCUT2D eigenvalue weighted by molar-refractivity contribution is -0.0797. The van der Waals surface area contributed by atoms with Crippen LogP contribution in [0.3, 0.4) is 0 Å². The third-order valence-electron chi connectivity index (χ3n) is 4.95. The van der Waals surface area contributed by atoms with Gasteiger partial charge in [0.05, 0.1) is 12.7 Å². The van der Waals surface area contributed by atoms with Crippen LogP contribution in [-0.2, 0) is 4.74 Å². The molecule has 3 fully saturated rings. The molecule has 1 heterocycles. The zero-order valence-corrected chi connectivity index (χ0v) is 8.96. The highest BCUT2D eigenvalue weighted by Crippen LogP contribution is 2.59. The van der Waals surface area contributed by atoms with Gasteiger partial charge in [-0.15, -0.1) is 0 Å². The minimum absolute atomic E-state index is 0.104. The molecule has 0 aromatic heterocycles. The van der Waals surface area contributed by atoms with Gasteiger partial charge in [0, 0.05) is 0 Å². The summed E-state index contributed by atoms with van der Waals surface area (Å²) < 4.78 is 5.63. The summed E-state index contributed by atoms with van der Waals surface area (Å²) in [6, 6.07) is 0. The maximum absolute atomic E-state index is 10.0. The Balaban J connectivity index is 1.91. The van der Waals surface area contributed by atoms with E-state index in [0.717, 1.165) is 13.0 Å². The fourth-order valence-electron chi connectivity index (χ4n) is 3.95. The van der Waals surface area contributed by atoms with Crippen LogP contribution in [0.4, 0.5) is 0 Å². The van der Waals surface area contributed by atoms with E-state index < -0.39 is 0 Å². The molecule has 0 unspecified atom stereocenters. The highest BCUT2D eigenvalue weighted by Gasteiger charge is 2.64. The van der Waals surface area contributed by atoms with Gasteiger partial charge >= 0.3 is 0 Å². The van der Waals surface area contributed by atoms with Crippen molar-refractivity contribution in [2.75, 3.05) is 6.61 Å². The first-order valence-corrected chi connectivity index (χ1v) is 5.99. The van der Waals surface area contributed by atoms with Gasteiger partial charge in [-0.3, -0.25) is 0 Å². The lowest BCUT2D eigenvalue weighted by Gasteiger charge is -2.50. The van der Waals surface area contributed by atoms with Gasteiger partial charge in [-0.05, 0) is 37.0 Å². The smallest absolute Gasteiger partial charge is 0.121 e. The lowest BCUT2D eigenvalue weighted by Crippen LogP contribution is -2.51. The zero-order valence-electron chi connectivity index (χ0n) is 8.96. The molecule has 0 bridgehead atoms. The van der Waals surface area contributed by atoms with Crippen LogP contribution in [0.25, 0.3) is 0 Å². The average Bonchev–Trinajstić information content (AvgIpc) is 2.95. The molecule has 3 rings (SSSR count). The van der Waals surface area contributed by atoms with E-state index in [1.807, 2.05) is 0 Å². The van der Waals surface area contributed by atoms with Gasteiger partial charge in [0.1, 0.15) is 5.60 Å².